The second kappa shape index (κ2) is 5.07. The van der Waals surface area contributed by atoms with E-state index < -0.39 is 14.8 Å². The molecule has 11 heavy (non-hydrogen) atoms. The molecule has 0 bridgehead atoms. The summed E-state index contributed by atoms with van der Waals surface area (Å²) < 4.78 is 16.7. The van der Waals surface area contributed by atoms with Gasteiger partial charge in [-0.05, 0) is 6.92 Å². The van der Waals surface area contributed by atoms with Gasteiger partial charge in [0.1, 0.15) is 0 Å². The fourth-order valence-corrected chi connectivity index (χ4v) is 1.43. The highest BCUT2D eigenvalue weighted by atomic mass is 28.3. The number of hydrogen-bond donors (Lipinski definition) is 0. The van der Waals surface area contributed by atoms with Crippen LogP contribution >= 0.6 is 0 Å². The Hall–Kier alpha value is -0.643. The van der Waals surface area contributed by atoms with Gasteiger partial charge in [-0.1, -0.05) is 13.1 Å². The summed E-state index contributed by atoms with van der Waals surface area (Å²) >= 11 is 0. The lowest BCUT2D eigenvalue weighted by atomic mass is 10.6. The maximum Gasteiger partial charge on any atom is 0.331 e. The number of carbonyl (C=O) groups excluding carboxylic acids is 1. The van der Waals surface area contributed by atoms with E-state index in [2.05, 4.69) is 4.74 Å². The summed E-state index contributed by atoms with van der Waals surface area (Å²) in [5, 5.41) is 0.229. The molecule has 0 radical (unpaired) electrons. The van der Waals surface area contributed by atoms with Crippen LogP contribution in [0.25, 0.3) is 0 Å². The van der Waals surface area contributed by atoms with Gasteiger partial charge in [-0.3, -0.25) is 0 Å². The lowest BCUT2D eigenvalue weighted by Crippen LogP contribution is -2.18. The Balaban J connectivity index is 4.17. The zero-order valence-corrected chi connectivity index (χ0v) is 8.21. The number of halogens is 1. The number of esters is 1. The molecule has 0 amide bonds. The first-order valence-electron chi connectivity index (χ1n) is 3.60. The summed E-state index contributed by atoms with van der Waals surface area (Å²) in [5.74, 6) is -0.503. The third kappa shape index (κ3) is 3.32. The standard InChI is InChI=1S/C7H13FO2Si/c1-4-10-7(9)6(5-8)11(2)3/h5,11H,4H2,1-3H3. The minimum absolute atomic E-state index is 0.229. The van der Waals surface area contributed by atoms with E-state index in [1.54, 1.807) is 6.92 Å². The van der Waals surface area contributed by atoms with E-state index in [1.165, 1.54) is 0 Å². The van der Waals surface area contributed by atoms with Crippen LogP contribution in [0.1, 0.15) is 6.92 Å². The van der Waals surface area contributed by atoms with Gasteiger partial charge in [-0.25, -0.2) is 9.18 Å². The SMILES string of the molecule is CCOC(=O)C(=CF)[SiH](C)C. The first-order chi connectivity index (χ1) is 5.13. The minimum atomic E-state index is -1.36. The molecule has 0 unspecified atom stereocenters. The Morgan fingerprint density at radius 2 is 2.18 bits per heavy atom. The predicted molar refractivity (Wildman–Crippen MR) is 44.7 cm³/mol. The molecule has 64 valence electrons. The van der Waals surface area contributed by atoms with Crippen molar-refractivity contribution in [2.75, 3.05) is 6.61 Å². The molecule has 2 nitrogen and oxygen atoms in total. The summed E-state index contributed by atoms with van der Waals surface area (Å²) in [7, 11) is -1.36. The molecule has 0 aliphatic carbocycles. The van der Waals surface area contributed by atoms with Gasteiger partial charge < -0.3 is 4.74 Å². The van der Waals surface area contributed by atoms with Crippen LogP contribution in [0.3, 0.4) is 0 Å². The van der Waals surface area contributed by atoms with E-state index in [9.17, 15) is 9.18 Å². The molecule has 0 saturated heterocycles. The monoisotopic (exact) mass is 176 g/mol. The van der Waals surface area contributed by atoms with Crippen LogP contribution in [-0.4, -0.2) is 21.4 Å². The van der Waals surface area contributed by atoms with Crippen LogP contribution in [0.15, 0.2) is 11.5 Å². The molecule has 0 rings (SSSR count). The molecule has 0 atom stereocenters. The Bertz CT molecular complexity index is 166. The highest BCUT2D eigenvalue weighted by molar-refractivity contribution is 6.69. The lowest BCUT2D eigenvalue weighted by molar-refractivity contribution is -0.137. The summed E-state index contributed by atoms with van der Waals surface area (Å²) in [6, 6.07) is 0. The van der Waals surface area contributed by atoms with Crippen LogP contribution in [0.4, 0.5) is 4.39 Å². The molecule has 0 heterocycles. The van der Waals surface area contributed by atoms with Crippen molar-refractivity contribution >= 4 is 14.8 Å². The summed E-state index contributed by atoms with van der Waals surface area (Å²) in [4.78, 5) is 10.9. The summed E-state index contributed by atoms with van der Waals surface area (Å²) in [6.07, 6.45) is 0.370. The van der Waals surface area contributed by atoms with E-state index in [0.717, 1.165) is 0 Å². The number of hydrogen-bond acceptors (Lipinski definition) is 2. The van der Waals surface area contributed by atoms with Crippen molar-refractivity contribution in [3.63, 3.8) is 0 Å². The van der Waals surface area contributed by atoms with Crippen molar-refractivity contribution in [2.24, 2.45) is 0 Å². The average molecular weight is 176 g/mol. The highest BCUT2D eigenvalue weighted by Crippen LogP contribution is 2.03. The fourth-order valence-electron chi connectivity index (χ4n) is 0.621. The van der Waals surface area contributed by atoms with Gasteiger partial charge in [0.15, 0.2) is 0 Å². The van der Waals surface area contributed by atoms with Crippen molar-refractivity contribution < 1.29 is 13.9 Å². The molecule has 0 fully saturated rings. The van der Waals surface area contributed by atoms with E-state index in [-0.39, 0.29) is 5.20 Å². The van der Waals surface area contributed by atoms with E-state index in [1.807, 2.05) is 13.1 Å². The van der Waals surface area contributed by atoms with Crippen LogP contribution in [-0.2, 0) is 9.53 Å². The quantitative estimate of drug-likeness (QED) is 0.369. The number of carbonyl (C=O) groups is 1. The van der Waals surface area contributed by atoms with Crippen LogP contribution in [0, 0.1) is 0 Å². The van der Waals surface area contributed by atoms with E-state index >= 15 is 0 Å². The Morgan fingerprint density at radius 1 is 1.64 bits per heavy atom. The Labute approximate surface area is 67.7 Å². The van der Waals surface area contributed by atoms with Gasteiger partial charge in [-0.15, -0.1) is 0 Å². The molecule has 0 spiro atoms. The molecule has 0 saturated carbocycles. The van der Waals surface area contributed by atoms with Crippen LogP contribution in [0.2, 0.25) is 13.1 Å². The molecular formula is C7H13FO2Si. The normalized spacial score (nSPS) is 11.9. The molecule has 0 aromatic carbocycles. The third-order valence-corrected chi connectivity index (χ3v) is 2.86. The predicted octanol–water partition coefficient (Wildman–Crippen LogP) is 1.43. The summed E-state index contributed by atoms with van der Waals surface area (Å²) in [6.45, 7) is 5.76. The highest BCUT2D eigenvalue weighted by Gasteiger charge is 2.14. The largest absolute Gasteiger partial charge is 0.463 e. The van der Waals surface area contributed by atoms with Gasteiger partial charge in [-0.2, -0.15) is 0 Å². The third-order valence-electron chi connectivity index (χ3n) is 1.25. The van der Waals surface area contributed by atoms with E-state index in [0.29, 0.717) is 12.9 Å². The van der Waals surface area contributed by atoms with Gasteiger partial charge in [0, 0.05) is 5.20 Å². The first kappa shape index (κ1) is 10.4. The van der Waals surface area contributed by atoms with Gasteiger partial charge in [0.2, 0.25) is 0 Å². The fraction of sp³-hybridized carbons (Fsp3) is 0.571. The zero-order chi connectivity index (χ0) is 8.85. The molecule has 4 heteroatoms. The molecule has 0 aliphatic heterocycles. The zero-order valence-electron chi connectivity index (χ0n) is 7.06. The minimum Gasteiger partial charge on any atom is -0.463 e. The maximum absolute atomic E-state index is 12.1. The van der Waals surface area contributed by atoms with Gasteiger partial charge in [0.25, 0.3) is 0 Å². The molecule has 0 aromatic heterocycles. The smallest absolute Gasteiger partial charge is 0.331 e. The van der Waals surface area contributed by atoms with Gasteiger partial charge >= 0.3 is 5.97 Å². The second-order valence-electron chi connectivity index (χ2n) is 2.44. The number of rotatable bonds is 3. The van der Waals surface area contributed by atoms with Crippen molar-refractivity contribution in [2.45, 2.75) is 20.0 Å². The summed E-state index contributed by atoms with van der Waals surface area (Å²) in [5.41, 5.74) is 0. The van der Waals surface area contributed by atoms with Crippen molar-refractivity contribution in [3.8, 4) is 0 Å². The van der Waals surface area contributed by atoms with Gasteiger partial charge in [0.05, 0.1) is 21.7 Å². The van der Waals surface area contributed by atoms with Crippen LogP contribution < -0.4 is 0 Å². The number of ether oxygens (including phenoxy) is 1. The van der Waals surface area contributed by atoms with Crippen molar-refractivity contribution in [1.82, 2.24) is 0 Å². The molecule has 0 aromatic rings. The van der Waals surface area contributed by atoms with Crippen molar-refractivity contribution in [1.29, 1.82) is 0 Å². The molecular weight excluding hydrogens is 163 g/mol. The van der Waals surface area contributed by atoms with E-state index in [4.69, 9.17) is 0 Å². The average Bonchev–Trinajstić information content (AvgIpc) is 1.88. The first-order valence-corrected chi connectivity index (χ1v) is 6.49. The lowest BCUT2D eigenvalue weighted by Gasteiger charge is -2.06. The molecule has 0 N–H and O–H groups in total. The van der Waals surface area contributed by atoms with Crippen molar-refractivity contribution in [3.05, 3.63) is 11.5 Å². The molecule has 0 aliphatic rings. The Morgan fingerprint density at radius 3 is 2.45 bits per heavy atom. The second-order valence-corrected chi connectivity index (χ2v) is 5.37. The Kier molecular flexibility index (Phi) is 4.77. The maximum atomic E-state index is 12.1. The van der Waals surface area contributed by atoms with Crippen LogP contribution in [0.5, 0.6) is 0 Å². The topological polar surface area (TPSA) is 26.3 Å².